The molecule has 140 valence electrons. The van der Waals surface area contributed by atoms with E-state index in [1.807, 2.05) is 27.7 Å². The highest BCUT2D eigenvalue weighted by Crippen LogP contribution is 2.16. The quantitative estimate of drug-likeness (QED) is 0.863. The topological polar surface area (TPSA) is 96.7 Å². The summed E-state index contributed by atoms with van der Waals surface area (Å²) in [5, 5.41) is 9.42. The van der Waals surface area contributed by atoms with Crippen molar-refractivity contribution < 1.29 is 18.8 Å². The molecule has 2 rings (SSSR count). The van der Waals surface area contributed by atoms with E-state index in [4.69, 9.17) is 9.26 Å². The Hall–Kier alpha value is -2.09. The van der Waals surface area contributed by atoms with Crippen LogP contribution in [0.25, 0.3) is 0 Å². The fraction of sp³-hybridized carbons (Fsp3) is 0.706. The highest BCUT2D eigenvalue weighted by Gasteiger charge is 2.28. The van der Waals surface area contributed by atoms with Gasteiger partial charge < -0.3 is 19.9 Å². The minimum Gasteiger partial charge on any atom is -0.444 e. The Balaban J connectivity index is 1.77. The molecule has 1 unspecified atom stereocenters. The minimum atomic E-state index is -0.503. The third-order valence-electron chi connectivity index (χ3n) is 4.06. The maximum absolute atomic E-state index is 12.3. The summed E-state index contributed by atoms with van der Waals surface area (Å²) in [6.45, 7) is 10.6. The largest absolute Gasteiger partial charge is 0.444 e. The van der Waals surface area contributed by atoms with Gasteiger partial charge in [-0.15, -0.1) is 0 Å². The third kappa shape index (κ3) is 6.04. The second-order valence-electron chi connectivity index (χ2n) is 7.44. The Morgan fingerprint density at radius 2 is 2.00 bits per heavy atom. The number of carbonyl (C=O) groups excluding carboxylic acids is 2. The van der Waals surface area contributed by atoms with Crippen molar-refractivity contribution in [3.05, 3.63) is 11.8 Å². The van der Waals surface area contributed by atoms with E-state index >= 15 is 0 Å². The SMILES string of the molecule is Cc1cc(NC(=O)C(C)N2CCC(NC(=O)OC(C)(C)C)CC2)no1. The van der Waals surface area contributed by atoms with Gasteiger partial charge in [0.25, 0.3) is 0 Å². The summed E-state index contributed by atoms with van der Waals surface area (Å²) in [6.07, 6.45) is 1.16. The summed E-state index contributed by atoms with van der Waals surface area (Å²) in [7, 11) is 0. The number of aromatic nitrogens is 1. The van der Waals surface area contributed by atoms with E-state index in [1.165, 1.54) is 0 Å². The van der Waals surface area contributed by atoms with Gasteiger partial charge in [0.15, 0.2) is 5.82 Å². The van der Waals surface area contributed by atoms with E-state index in [2.05, 4.69) is 20.7 Å². The Bertz CT molecular complexity index is 600. The van der Waals surface area contributed by atoms with Crippen LogP contribution >= 0.6 is 0 Å². The zero-order valence-corrected chi connectivity index (χ0v) is 15.6. The van der Waals surface area contributed by atoms with Crippen LogP contribution in [-0.4, -0.2) is 52.8 Å². The van der Waals surface area contributed by atoms with Crippen molar-refractivity contribution in [3.63, 3.8) is 0 Å². The van der Waals surface area contributed by atoms with Gasteiger partial charge in [-0.25, -0.2) is 4.79 Å². The Kier molecular flexibility index (Phi) is 6.05. The Labute approximate surface area is 148 Å². The summed E-state index contributed by atoms with van der Waals surface area (Å²) in [6, 6.07) is 1.47. The van der Waals surface area contributed by atoms with Crippen molar-refractivity contribution in [2.24, 2.45) is 0 Å². The molecular weight excluding hydrogens is 324 g/mol. The zero-order valence-electron chi connectivity index (χ0n) is 15.6. The van der Waals surface area contributed by atoms with Crippen molar-refractivity contribution in [1.29, 1.82) is 0 Å². The number of carbonyl (C=O) groups is 2. The molecule has 0 bridgehead atoms. The van der Waals surface area contributed by atoms with Gasteiger partial charge in [0.1, 0.15) is 11.4 Å². The van der Waals surface area contributed by atoms with Gasteiger partial charge in [-0.05, 0) is 47.5 Å². The molecule has 0 saturated carbocycles. The second kappa shape index (κ2) is 7.86. The molecule has 1 atom stereocenters. The second-order valence-corrected chi connectivity index (χ2v) is 7.44. The lowest BCUT2D eigenvalue weighted by Crippen LogP contribution is -2.51. The predicted octanol–water partition coefficient (Wildman–Crippen LogP) is 2.30. The first-order valence-electron chi connectivity index (χ1n) is 8.62. The van der Waals surface area contributed by atoms with Gasteiger partial charge >= 0.3 is 6.09 Å². The molecule has 1 aliphatic heterocycles. The monoisotopic (exact) mass is 352 g/mol. The van der Waals surface area contributed by atoms with Gasteiger partial charge in [-0.3, -0.25) is 9.69 Å². The van der Waals surface area contributed by atoms with Crippen LogP contribution in [0.1, 0.15) is 46.3 Å². The number of amides is 2. The molecule has 8 heteroatoms. The highest BCUT2D eigenvalue weighted by atomic mass is 16.6. The number of hydrogen-bond donors (Lipinski definition) is 2. The number of nitrogens with one attached hydrogen (secondary N) is 2. The molecule has 1 saturated heterocycles. The third-order valence-corrected chi connectivity index (χ3v) is 4.06. The first-order chi connectivity index (χ1) is 11.6. The lowest BCUT2D eigenvalue weighted by atomic mass is 10.0. The van der Waals surface area contributed by atoms with Crippen molar-refractivity contribution >= 4 is 17.8 Å². The molecule has 25 heavy (non-hydrogen) atoms. The van der Waals surface area contributed by atoms with Gasteiger partial charge in [0, 0.05) is 25.2 Å². The van der Waals surface area contributed by atoms with Crippen LogP contribution in [0.15, 0.2) is 10.6 Å². The summed E-state index contributed by atoms with van der Waals surface area (Å²) < 4.78 is 10.2. The average Bonchev–Trinajstić information content (AvgIpc) is 2.90. The van der Waals surface area contributed by atoms with Crippen LogP contribution in [0.3, 0.4) is 0 Å². The summed E-state index contributed by atoms with van der Waals surface area (Å²) in [5.41, 5.74) is -0.503. The highest BCUT2D eigenvalue weighted by molar-refractivity contribution is 5.93. The Morgan fingerprint density at radius 3 is 2.52 bits per heavy atom. The number of rotatable bonds is 4. The van der Waals surface area contributed by atoms with Gasteiger partial charge in [-0.1, -0.05) is 5.16 Å². The first-order valence-corrected chi connectivity index (χ1v) is 8.62. The summed E-state index contributed by atoms with van der Waals surface area (Å²) in [5.74, 6) is 0.958. The summed E-state index contributed by atoms with van der Waals surface area (Å²) in [4.78, 5) is 26.2. The normalized spacial score (nSPS) is 17.8. The fourth-order valence-corrected chi connectivity index (χ4v) is 2.73. The van der Waals surface area contributed by atoms with Gasteiger partial charge in [0.05, 0.1) is 6.04 Å². The van der Waals surface area contributed by atoms with E-state index in [-0.39, 0.29) is 18.0 Å². The summed E-state index contributed by atoms with van der Waals surface area (Å²) >= 11 is 0. The fourth-order valence-electron chi connectivity index (χ4n) is 2.73. The van der Waals surface area contributed by atoms with Gasteiger partial charge in [-0.2, -0.15) is 0 Å². The maximum Gasteiger partial charge on any atom is 0.407 e. The molecule has 0 spiro atoms. The molecule has 0 radical (unpaired) electrons. The number of nitrogens with zero attached hydrogens (tertiary/aromatic N) is 2. The number of alkyl carbamates (subject to hydrolysis) is 1. The Morgan fingerprint density at radius 1 is 1.36 bits per heavy atom. The lowest BCUT2D eigenvalue weighted by Gasteiger charge is -2.35. The van der Waals surface area contributed by atoms with E-state index in [0.29, 0.717) is 11.6 Å². The zero-order chi connectivity index (χ0) is 18.6. The maximum atomic E-state index is 12.3. The number of ether oxygens (including phenoxy) is 1. The standard InChI is InChI=1S/C17H28N4O4/c1-11-10-14(20-25-11)19-15(22)12(2)21-8-6-13(7-9-21)18-16(23)24-17(3,4)5/h10,12-13H,6-9H2,1-5H3,(H,18,23)(H,19,20,22). The van der Waals surface area contributed by atoms with E-state index < -0.39 is 11.7 Å². The van der Waals surface area contributed by atoms with E-state index in [0.717, 1.165) is 25.9 Å². The molecule has 2 N–H and O–H groups in total. The van der Waals surface area contributed by atoms with Crippen LogP contribution in [-0.2, 0) is 9.53 Å². The predicted molar refractivity (Wildman–Crippen MR) is 93.3 cm³/mol. The van der Waals surface area contributed by atoms with E-state index in [9.17, 15) is 9.59 Å². The number of hydrogen-bond acceptors (Lipinski definition) is 6. The smallest absolute Gasteiger partial charge is 0.407 e. The van der Waals surface area contributed by atoms with Crippen molar-refractivity contribution in [3.8, 4) is 0 Å². The number of aryl methyl sites for hydroxylation is 1. The molecule has 1 aromatic rings. The lowest BCUT2D eigenvalue weighted by molar-refractivity contribution is -0.121. The average molecular weight is 352 g/mol. The molecule has 8 nitrogen and oxygen atoms in total. The minimum absolute atomic E-state index is 0.0690. The number of piperidine rings is 1. The molecule has 1 fully saturated rings. The molecule has 2 amide bonds. The van der Waals surface area contributed by atoms with Crippen LogP contribution in [0.4, 0.5) is 10.6 Å². The first kappa shape index (κ1) is 19.2. The molecule has 0 aromatic carbocycles. The van der Waals surface area contributed by atoms with Crippen LogP contribution < -0.4 is 10.6 Å². The van der Waals surface area contributed by atoms with Crippen molar-refractivity contribution in [1.82, 2.24) is 15.4 Å². The number of anilines is 1. The van der Waals surface area contributed by atoms with E-state index in [1.54, 1.807) is 13.0 Å². The van der Waals surface area contributed by atoms with Crippen molar-refractivity contribution in [2.45, 2.75) is 65.1 Å². The molecular formula is C17H28N4O4. The molecule has 0 aliphatic carbocycles. The van der Waals surface area contributed by atoms with Crippen LogP contribution in [0.2, 0.25) is 0 Å². The van der Waals surface area contributed by atoms with Gasteiger partial charge in [0.2, 0.25) is 5.91 Å². The van der Waals surface area contributed by atoms with Crippen molar-refractivity contribution in [2.75, 3.05) is 18.4 Å². The van der Waals surface area contributed by atoms with Crippen LogP contribution in [0, 0.1) is 6.92 Å². The van der Waals surface area contributed by atoms with Crippen LogP contribution in [0.5, 0.6) is 0 Å². The molecule has 2 heterocycles. The molecule has 1 aromatic heterocycles. The number of likely N-dealkylation sites (tertiary alicyclic amines) is 1. The molecule has 1 aliphatic rings.